The van der Waals surface area contributed by atoms with Crippen LogP contribution in [0.25, 0.3) is 33.5 Å². The number of rotatable bonds is 6. The van der Waals surface area contributed by atoms with Crippen LogP contribution < -0.4 is 5.32 Å². The zero-order chi connectivity index (χ0) is 23.5. The molecule has 3 aromatic carbocycles. The predicted octanol–water partition coefficient (Wildman–Crippen LogP) is 7.05. The third-order valence-electron chi connectivity index (χ3n) is 4.89. The van der Waals surface area contributed by atoms with E-state index in [1.165, 1.54) is 35.2 Å². The van der Waals surface area contributed by atoms with E-state index in [-0.39, 0.29) is 17.5 Å². The Morgan fingerprint density at radius 3 is 2.56 bits per heavy atom. The van der Waals surface area contributed by atoms with Gasteiger partial charge in [-0.25, -0.2) is 19.3 Å². The van der Waals surface area contributed by atoms with Gasteiger partial charge in [0.05, 0.1) is 17.0 Å². The summed E-state index contributed by atoms with van der Waals surface area (Å²) in [5, 5.41) is 6.38. The summed E-state index contributed by atoms with van der Waals surface area (Å²) in [6, 6.07) is 21.8. The van der Waals surface area contributed by atoms with Crippen molar-refractivity contribution >= 4 is 61.0 Å². The highest BCUT2D eigenvalue weighted by Crippen LogP contribution is 2.30. The fraction of sp³-hybridized carbons (Fsp3) is 0.0400. The summed E-state index contributed by atoms with van der Waals surface area (Å²) in [4.78, 5) is 26.4. The summed E-state index contributed by atoms with van der Waals surface area (Å²) in [5.74, 6) is 0.0205. The van der Waals surface area contributed by atoms with E-state index in [4.69, 9.17) is 0 Å². The lowest BCUT2D eigenvalue weighted by Gasteiger charge is -2.09. The number of amides is 1. The molecule has 5 nitrogen and oxygen atoms in total. The van der Waals surface area contributed by atoms with Crippen molar-refractivity contribution in [3.8, 4) is 22.6 Å². The Hall–Kier alpha value is -3.14. The van der Waals surface area contributed by atoms with Crippen molar-refractivity contribution in [2.75, 3.05) is 11.1 Å². The van der Waals surface area contributed by atoms with Crippen LogP contribution in [-0.2, 0) is 4.79 Å². The van der Waals surface area contributed by atoms with Gasteiger partial charge in [0, 0.05) is 26.4 Å². The van der Waals surface area contributed by atoms with Crippen LogP contribution in [0.4, 0.5) is 9.52 Å². The summed E-state index contributed by atoms with van der Waals surface area (Å²) in [7, 11) is 0. The SMILES string of the molecule is O=C(CSc1nc(-c2ccc(Br)cc2)nc2ccc(F)cc12)Nc1nc(-c2ccccc2)cs1. The number of benzene rings is 3. The first kappa shape index (κ1) is 22.6. The van der Waals surface area contributed by atoms with Crippen molar-refractivity contribution in [2.24, 2.45) is 0 Å². The Bertz CT molecular complexity index is 1480. The summed E-state index contributed by atoms with van der Waals surface area (Å²) in [5.41, 5.74) is 3.25. The number of thiazole rings is 1. The van der Waals surface area contributed by atoms with Crippen molar-refractivity contribution in [2.45, 2.75) is 5.03 Å². The maximum atomic E-state index is 14.0. The van der Waals surface area contributed by atoms with E-state index in [9.17, 15) is 9.18 Å². The van der Waals surface area contributed by atoms with Crippen molar-refractivity contribution in [1.82, 2.24) is 15.0 Å². The van der Waals surface area contributed by atoms with Gasteiger partial charge in [0.2, 0.25) is 5.91 Å². The second-order valence-electron chi connectivity index (χ2n) is 7.26. The molecule has 0 spiro atoms. The van der Waals surface area contributed by atoms with Gasteiger partial charge in [-0.3, -0.25) is 4.79 Å². The van der Waals surface area contributed by atoms with Gasteiger partial charge >= 0.3 is 0 Å². The van der Waals surface area contributed by atoms with Crippen LogP contribution in [0.1, 0.15) is 0 Å². The van der Waals surface area contributed by atoms with Gasteiger partial charge in [0.25, 0.3) is 0 Å². The molecule has 5 rings (SSSR count). The molecule has 0 fully saturated rings. The number of nitrogens with one attached hydrogen (secondary N) is 1. The van der Waals surface area contributed by atoms with Gasteiger partial charge < -0.3 is 5.32 Å². The number of halogens is 2. The van der Waals surface area contributed by atoms with Gasteiger partial charge in [-0.2, -0.15) is 0 Å². The number of hydrogen-bond donors (Lipinski definition) is 1. The van der Waals surface area contributed by atoms with Crippen LogP contribution in [-0.4, -0.2) is 26.6 Å². The van der Waals surface area contributed by atoms with E-state index in [2.05, 4.69) is 36.2 Å². The molecule has 5 aromatic rings. The summed E-state index contributed by atoms with van der Waals surface area (Å²) in [6.07, 6.45) is 0. The second-order valence-corrected chi connectivity index (χ2v) is 10.00. The summed E-state index contributed by atoms with van der Waals surface area (Å²) in [6.45, 7) is 0. The Balaban J connectivity index is 1.35. The summed E-state index contributed by atoms with van der Waals surface area (Å²) >= 11 is 6.03. The molecule has 1 N–H and O–H groups in total. The topological polar surface area (TPSA) is 67.8 Å². The first-order valence-corrected chi connectivity index (χ1v) is 12.9. The molecule has 1 amide bonds. The van der Waals surface area contributed by atoms with Gasteiger partial charge in [-0.15, -0.1) is 11.3 Å². The minimum atomic E-state index is -0.380. The van der Waals surface area contributed by atoms with Crippen LogP contribution in [0.15, 0.2) is 87.7 Å². The van der Waals surface area contributed by atoms with Crippen LogP contribution in [0.3, 0.4) is 0 Å². The first-order valence-electron chi connectivity index (χ1n) is 10.2. The Morgan fingerprint density at radius 1 is 0.971 bits per heavy atom. The Morgan fingerprint density at radius 2 is 1.76 bits per heavy atom. The zero-order valence-corrected chi connectivity index (χ0v) is 20.8. The number of nitrogens with zero attached hydrogens (tertiary/aromatic N) is 3. The van der Waals surface area contributed by atoms with Gasteiger partial charge in [-0.05, 0) is 30.3 Å². The molecule has 0 bridgehead atoms. The number of hydrogen-bond acceptors (Lipinski definition) is 6. The van der Waals surface area contributed by atoms with E-state index in [1.54, 1.807) is 6.07 Å². The Labute approximate surface area is 211 Å². The highest BCUT2D eigenvalue weighted by atomic mass is 79.9. The van der Waals surface area contributed by atoms with Crippen LogP contribution in [0, 0.1) is 5.82 Å². The average Bonchev–Trinajstić information content (AvgIpc) is 3.32. The molecule has 2 aromatic heterocycles. The average molecular weight is 551 g/mol. The minimum Gasteiger partial charge on any atom is -0.301 e. The number of thioether (sulfide) groups is 1. The molecule has 0 radical (unpaired) electrons. The predicted molar refractivity (Wildman–Crippen MR) is 140 cm³/mol. The van der Waals surface area contributed by atoms with E-state index in [0.717, 1.165) is 21.3 Å². The molecule has 0 unspecified atom stereocenters. The van der Waals surface area contributed by atoms with E-state index in [1.807, 2.05) is 60.0 Å². The fourth-order valence-corrected chi connectivity index (χ4v) is 5.08. The molecule has 9 heteroatoms. The maximum absolute atomic E-state index is 14.0. The maximum Gasteiger partial charge on any atom is 0.236 e. The molecule has 0 atom stereocenters. The van der Waals surface area contributed by atoms with Gasteiger partial charge in [0.1, 0.15) is 10.8 Å². The third kappa shape index (κ3) is 5.16. The van der Waals surface area contributed by atoms with E-state index < -0.39 is 0 Å². The largest absolute Gasteiger partial charge is 0.301 e. The molecule has 0 aliphatic carbocycles. The molecule has 34 heavy (non-hydrogen) atoms. The van der Waals surface area contributed by atoms with Crippen LogP contribution in [0.2, 0.25) is 0 Å². The lowest BCUT2D eigenvalue weighted by atomic mass is 10.2. The lowest BCUT2D eigenvalue weighted by Crippen LogP contribution is -2.14. The normalized spacial score (nSPS) is 11.0. The smallest absolute Gasteiger partial charge is 0.236 e. The molecule has 0 saturated carbocycles. The quantitative estimate of drug-likeness (QED) is 0.181. The van der Waals surface area contributed by atoms with Crippen LogP contribution >= 0.6 is 39.0 Å². The molecule has 0 aliphatic heterocycles. The lowest BCUT2D eigenvalue weighted by molar-refractivity contribution is -0.113. The van der Waals surface area contributed by atoms with Crippen LogP contribution in [0.5, 0.6) is 0 Å². The first-order chi connectivity index (χ1) is 16.5. The van der Waals surface area contributed by atoms with Crippen molar-refractivity contribution in [3.05, 3.63) is 88.5 Å². The Kier molecular flexibility index (Phi) is 6.66. The number of carbonyl (C=O) groups excluding carboxylic acids is 1. The highest BCUT2D eigenvalue weighted by Gasteiger charge is 2.14. The van der Waals surface area contributed by atoms with Gasteiger partial charge in [-0.1, -0.05) is 70.2 Å². The number of carbonyl (C=O) groups is 1. The molecule has 0 saturated heterocycles. The molecular formula is C25H16BrFN4OS2. The highest BCUT2D eigenvalue weighted by molar-refractivity contribution is 9.10. The third-order valence-corrected chi connectivity index (χ3v) is 7.16. The second kappa shape index (κ2) is 10.0. The van der Waals surface area contributed by atoms with Crippen molar-refractivity contribution in [1.29, 1.82) is 0 Å². The zero-order valence-electron chi connectivity index (χ0n) is 17.5. The van der Waals surface area contributed by atoms with E-state index in [0.29, 0.717) is 26.9 Å². The van der Waals surface area contributed by atoms with Crippen molar-refractivity contribution in [3.63, 3.8) is 0 Å². The van der Waals surface area contributed by atoms with Crippen molar-refractivity contribution < 1.29 is 9.18 Å². The number of aromatic nitrogens is 3. The number of anilines is 1. The fourth-order valence-electron chi connectivity index (χ4n) is 3.27. The molecule has 0 aliphatic rings. The minimum absolute atomic E-state index is 0.0999. The van der Waals surface area contributed by atoms with Gasteiger partial charge in [0.15, 0.2) is 11.0 Å². The summed E-state index contributed by atoms with van der Waals surface area (Å²) < 4.78 is 14.9. The number of fused-ring (bicyclic) bond motifs is 1. The molecule has 2 heterocycles. The monoisotopic (exact) mass is 550 g/mol. The molecular weight excluding hydrogens is 535 g/mol. The standard InChI is InChI=1S/C25H16BrFN4OS2/c26-17-8-6-16(7-9-17)23-28-20-11-10-18(27)12-19(20)24(31-23)33-14-22(32)30-25-29-21(13-34-25)15-4-2-1-3-5-15/h1-13H,14H2,(H,29,30,32). The van der Waals surface area contributed by atoms with E-state index >= 15 is 0 Å². The molecule has 168 valence electrons.